The van der Waals surface area contributed by atoms with Gasteiger partial charge in [-0.25, -0.2) is 4.98 Å². The molecule has 0 aliphatic heterocycles. The quantitative estimate of drug-likeness (QED) is 0.737. The lowest BCUT2D eigenvalue weighted by atomic mass is 10.2. The van der Waals surface area contributed by atoms with E-state index in [2.05, 4.69) is 20.4 Å². The fourth-order valence-electron chi connectivity index (χ4n) is 2.57. The zero-order chi connectivity index (χ0) is 19.6. The summed E-state index contributed by atoms with van der Waals surface area (Å²) in [6.07, 6.45) is 0.209. The first kappa shape index (κ1) is 18.6. The number of amides is 1. The fourth-order valence-corrected chi connectivity index (χ4v) is 2.57. The van der Waals surface area contributed by atoms with Gasteiger partial charge in [0.2, 0.25) is 5.88 Å². The highest BCUT2D eigenvalue weighted by atomic mass is 19.4. The van der Waals surface area contributed by atoms with Gasteiger partial charge < -0.3 is 10.1 Å². The summed E-state index contributed by atoms with van der Waals surface area (Å²) in [7, 11) is 1.52. The van der Waals surface area contributed by atoms with Crippen LogP contribution >= 0.6 is 0 Å². The van der Waals surface area contributed by atoms with Crippen LogP contribution in [0.3, 0.4) is 0 Å². The molecule has 3 aromatic rings. The van der Waals surface area contributed by atoms with Gasteiger partial charge in [-0.15, -0.1) is 0 Å². The Bertz CT molecular complexity index is 984. The highest BCUT2D eigenvalue weighted by Crippen LogP contribution is 2.21. The summed E-state index contributed by atoms with van der Waals surface area (Å²) in [5.41, 5.74) is 2.10. The van der Waals surface area contributed by atoms with E-state index in [4.69, 9.17) is 4.74 Å². The van der Waals surface area contributed by atoms with Crippen LogP contribution < -0.4 is 10.1 Å². The topological polar surface area (TPSA) is 81.9 Å². The second kappa shape index (κ2) is 7.22. The highest BCUT2D eigenvalue weighted by molar-refractivity contribution is 6.03. The molecule has 0 radical (unpaired) electrons. The first-order valence-corrected chi connectivity index (χ1v) is 7.96. The minimum absolute atomic E-state index is 0.0622. The number of carbonyl (C=O) groups is 1. The van der Waals surface area contributed by atoms with Crippen LogP contribution in [0.1, 0.15) is 21.6 Å². The molecule has 0 aromatic carbocycles. The van der Waals surface area contributed by atoms with Crippen LogP contribution in [-0.2, 0) is 6.54 Å². The zero-order valence-corrected chi connectivity index (χ0v) is 14.5. The van der Waals surface area contributed by atoms with E-state index in [9.17, 15) is 18.0 Å². The summed E-state index contributed by atoms with van der Waals surface area (Å²) < 4.78 is 43.1. The Morgan fingerprint density at radius 1 is 1.33 bits per heavy atom. The van der Waals surface area contributed by atoms with Gasteiger partial charge >= 0.3 is 6.18 Å². The van der Waals surface area contributed by atoms with Gasteiger partial charge in [-0.2, -0.15) is 18.3 Å². The Labute approximate surface area is 152 Å². The number of nitrogens with zero attached hydrogens (tertiary/aromatic N) is 4. The van der Waals surface area contributed by atoms with Crippen LogP contribution in [0.4, 0.5) is 13.2 Å². The van der Waals surface area contributed by atoms with Gasteiger partial charge in [0.15, 0.2) is 6.61 Å². The maximum Gasteiger partial charge on any atom is 0.422 e. The summed E-state index contributed by atoms with van der Waals surface area (Å²) in [4.78, 5) is 19.9. The summed E-state index contributed by atoms with van der Waals surface area (Å²) in [5, 5.41) is 7.52. The Morgan fingerprint density at radius 2 is 2.11 bits per heavy atom. The molecule has 0 saturated heterocycles. The van der Waals surface area contributed by atoms with Crippen molar-refractivity contribution in [2.24, 2.45) is 0 Å². The van der Waals surface area contributed by atoms with Crippen LogP contribution in [0.15, 0.2) is 30.7 Å². The molecule has 10 heteroatoms. The molecule has 0 atom stereocenters. The van der Waals surface area contributed by atoms with E-state index in [1.54, 1.807) is 29.9 Å². The summed E-state index contributed by atoms with van der Waals surface area (Å²) in [6, 6.07) is 3.37. The van der Waals surface area contributed by atoms with Gasteiger partial charge in [0.25, 0.3) is 5.91 Å². The number of pyridine rings is 2. The molecule has 0 saturated carbocycles. The molecule has 1 N–H and O–H groups in total. The number of alkyl halides is 3. The van der Waals surface area contributed by atoms with Crippen molar-refractivity contribution in [3.05, 3.63) is 47.5 Å². The molecular weight excluding hydrogens is 363 g/mol. The predicted molar refractivity (Wildman–Crippen MR) is 90.5 cm³/mol. The highest BCUT2D eigenvalue weighted by Gasteiger charge is 2.29. The molecule has 3 heterocycles. The summed E-state index contributed by atoms with van der Waals surface area (Å²) in [6.45, 7) is 0.560. The van der Waals surface area contributed by atoms with E-state index in [-0.39, 0.29) is 17.5 Å². The molecule has 0 unspecified atom stereocenters. The average molecular weight is 379 g/mol. The molecule has 27 heavy (non-hydrogen) atoms. The Hall–Kier alpha value is -3.17. The molecular formula is C17H16F3N5O2. The third-order valence-electron chi connectivity index (χ3n) is 3.73. The molecule has 3 rings (SSSR count). The number of hydrogen-bond donors (Lipinski definition) is 1. The van der Waals surface area contributed by atoms with Crippen LogP contribution in [0.2, 0.25) is 0 Å². The number of aryl methyl sites for hydroxylation is 1. The van der Waals surface area contributed by atoms with E-state index in [1.807, 2.05) is 0 Å². The third kappa shape index (κ3) is 4.33. The summed E-state index contributed by atoms with van der Waals surface area (Å²) >= 11 is 0. The van der Waals surface area contributed by atoms with Crippen molar-refractivity contribution in [1.82, 2.24) is 25.1 Å². The number of halogens is 3. The predicted octanol–water partition coefficient (Wildman–Crippen LogP) is 2.48. The lowest BCUT2D eigenvalue weighted by Crippen LogP contribution is -2.20. The number of hydrogen-bond acceptors (Lipinski definition) is 5. The second-order valence-electron chi connectivity index (χ2n) is 5.87. The maximum atomic E-state index is 12.3. The van der Waals surface area contributed by atoms with Crippen molar-refractivity contribution in [3.8, 4) is 5.88 Å². The molecule has 0 bridgehead atoms. The number of aromatic nitrogens is 4. The van der Waals surface area contributed by atoms with Crippen LogP contribution in [0, 0.1) is 6.92 Å². The molecule has 7 nitrogen and oxygen atoms in total. The second-order valence-corrected chi connectivity index (χ2v) is 5.87. The number of fused-ring (bicyclic) bond motifs is 1. The molecule has 0 spiro atoms. The van der Waals surface area contributed by atoms with Crippen molar-refractivity contribution < 1.29 is 22.7 Å². The van der Waals surface area contributed by atoms with Gasteiger partial charge in [0, 0.05) is 31.2 Å². The number of carbonyl (C=O) groups excluding carboxylic acids is 1. The Balaban J connectivity index is 1.81. The van der Waals surface area contributed by atoms with Crippen molar-refractivity contribution in [1.29, 1.82) is 0 Å². The molecule has 142 valence electrons. The van der Waals surface area contributed by atoms with E-state index < -0.39 is 12.8 Å². The SMILES string of the molecule is CNC(=O)c1nccc2nn(Cc3cnc(OCC(F)(F)F)c(C)c3)cc12. The number of nitrogens with one attached hydrogen (secondary N) is 1. The normalized spacial score (nSPS) is 11.6. The van der Waals surface area contributed by atoms with Gasteiger partial charge in [-0.05, 0) is 24.6 Å². The molecule has 0 aliphatic rings. The van der Waals surface area contributed by atoms with Gasteiger partial charge in [-0.1, -0.05) is 0 Å². The largest absolute Gasteiger partial charge is 0.468 e. The molecule has 0 fully saturated rings. The first-order valence-electron chi connectivity index (χ1n) is 7.96. The third-order valence-corrected chi connectivity index (χ3v) is 3.73. The van der Waals surface area contributed by atoms with Gasteiger partial charge in [-0.3, -0.25) is 14.5 Å². The fraction of sp³-hybridized carbons (Fsp3) is 0.294. The number of rotatable bonds is 5. The molecule has 0 aliphatic carbocycles. The van der Waals surface area contributed by atoms with Crippen molar-refractivity contribution in [3.63, 3.8) is 0 Å². The van der Waals surface area contributed by atoms with E-state index in [0.29, 0.717) is 23.0 Å². The lowest BCUT2D eigenvalue weighted by Gasteiger charge is -2.11. The van der Waals surface area contributed by atoms with E-state index in [1.165, 1.54) is 19.4 Å². The minimum Gasteiger partial charge on any atom is -0.468 e. The van der Waals surface area contributed by atoms with Gasteiger partial charge in [0.1, 0.15) is 5.69 Å². The van der Waals surface area contributed by atoms with Crippen LogP contribution in [0.5, 0.6) is 5.88 Å². The minimum atomic E-state index is -4.42. The van der Waals surface area contributed by atoms with Crippen LogP contribution in [-0.4, -0.2) is 45.5 Å². The smallest absolute Gasteiger partial charge is 0.422 e. The van der Waals surface area contributed by atoms with Crippen molar-refractivity contribution in [2.45, 2.75) is 19.6 Å². The average Bonchev–Trinajstić information content (AvgIpc) is 3.01. The Kier molecular flexibility index (Phi) is 4.98. The molecule has 1 amide bonds. The molecule has 3 aromatic heterocycles. The first-order chi connectivity index (χ1) is 12.8. The summed E-state index contributed by atoms with van der Waals surface area (Å²) in [5.74, 6) is -0.378. The standard InChI is InChI=1S/C17H16F3N5O2/c1-10-5-11(6-23-16(10)27-9-17(18,19)20)7-25-8-12-13(24-25)3-4-22-14(12)15(26)21-2/h3-6,8H,7,9H2,1-2H3,(H,21,26). The van der Waals surface area contributed by atoms with Gasteiger partial charge in [0.05, 0.1) is 17.4 Å². The Morgan fingerprint density at radius 3 is 2.78 bits per heavy atom. The number of ether oxygens (including phenoxy) is 1. The van der Waals surface area contributed by atoms with E-state index >= 15 is 0 Å². The zero-order valence-electron chi connectivity index (χ0n) is 14.5. The maximum absolute atomic E-state index is 12.3. The van der Waals surface area contributed by atoms with Crippen molar-refractivity contribution >= 4 is 16.8 Å². The van der Waals surface area contributed by atoms with Crippen molar-refractivity contribution in [2.75, 3.05) is 13.7 Å². The monoisotopic (exact) mass is 379 g/mol. The lowest BCUT2D eigenvalue weighted by molar-refractivity contribution is -0.154. The van der Waals surface area contributed by atoms with Crippen LogP contribution in [0.25, 0.3) is 10.9 Å². The van der Waals surface area contributed by atoms with E-state index in [0.717, 1.165) is 5.56 Å².